The summed E-state index contributed by atoms with van der Waals surface area (Å²) in [7, 11) is -4.27. The van der Waals surface area contributed by atoms with Crippen molar-refractivity contribution in [3.63, 3.8) is 0 Å². The molecular weight excluding hydrogens is 540 g/mol. The lowest BCUT2D eigenvalue weighted by Gasteiger charge is -2.35. The number of carbonyl (C=O) groups is 1. The van der Waals surface area contributed by atoms with Gasteiger partial charge in [-0.25, -0.2) is 19.7 Å². The molecule has 1 aromatic carbocycles. The molecule has 4 aromatic rings. The molecule has 0 bridgehead atoms. The number of aromatic nitrogens is 3. The third-order valence-electron chi connectivity index (χ3n) is 6.75. The van der Waals surface area contributed by atoms with Crippen LogP contribution < -0.4 is 20.1 Å². The highest BCUT2D eigenvalue weighted by atomic mass is 32.2. The van der Waals surface area contributed by atoms with Crippen LogP contribution in [0.1, 0.15) is 48.5 Å². The first-order chi connectivity index (χ1) is 19.7. The second-order valence-corrected chi connectivity index (χ2v) is 11.8. The molecule has 10 nitrogen and oxygen atoms in total. The van der Waals surface area contributed by atoms with Gasteiger partial charge in [-0.2, -0.15) is 8.42 Å². The summed E-state index contributed by atoms with van der Waals surface area (Å²) >= 11 is 0. The Morgan fingerprint density at radius 2 is 1.83 bits per heavy atom. The number of amides is 1. The minimum Gasteiger partial charge on any atom is -0.475 e. The van der Waals surface area contributed by atoms with Crippen LogP contribution >= 0.6 is 0 Å². The van der Waals surface area contributed by atoms with E-state index in [0.717, 1.165) is 18.4 Å². The number of carbonyl (C=O) groups excluding carboxylic acids is 1. The molecule has 0 spiro atoms. The summed E-state index contributed by atoms with van der Waals surface area (Å²) < 4.78 is 33.8. The summed E-state index contributed by atoms with van der Waals surface area (Å²) in [4.78, 5) is 28.7. The van der Waals surface area contributed by atoms with Gasteiger partial charge in [-0.1, -0.05) is 36.4 Å². The number of nitrogens with zero attached hydrogens (tertiary/aromatic N) is 4. The molecule has 1 aliphatic heterocycles. The fraction of sp³-hybridized carbons (Fsp3) is 0.267. The Morgan fingerprint density at radius 1 is 1.02 bits per heavy atom. The van der Waals surface area contributed by atoms with Gasteiger partial charge < -0.3 is 15.4 Å². The van der Waals surface area contributed by atoms with E-state index < -0.39 is 15.9 Å². The number of sulfonamides is 1. The summed E-state index contributed by atoms with van der Waals surface area (Å²) in [6.45, 7) is 5.15. The highest BCUT2D eigenvalue weighted by Crippen LogP contribution is 2.32. The maximum Gasteiger partial charge on any atom is 0.281 e. The van der Waals surface area contributed by atoms with E-state index in [2.05, 4.69) is 31.7 Å². The van der Waals surface area contributed by atoms with E-state index in [1.807, 2.05) is 38.1 Å². The smallest absolute Gasteiger partial charge is 0.281 e. The van der Waals surface area contributed by atoms with Gasteiger partial charge in [-0.05, 0) is 62.6 Å². The molecule has 1 atom stereocenters. The number of nitrogens with one attached hydrogen (secondary N) is 1. The van der Waals surface area contributed by atoms with Gasteiger partial charge in [-0.3, -0.25) is 4.79 Å². The number of nitrogen functional groups attached to an aromatic ring is 1. The Morgan fingerprint density at radius 3 is 2.54 bits per heavy atom. The lowest BCUT2D eigenvalue weighted by molar-refractivity contribution is 0.0981. The SMILES string of the molecule is CC(C)Oc1ccc(-c2ccc(C(=O)NS(=O)(=O)c3cccc(N)n3)c(N3CCC[C@@H](c4ccccc4)C3)n2)cn1. The summed E-state index contributed by atoms with van der Waals surface area (Å²) in [5, 5.41) is -0.339. The quantitative estimate of drug-likeness (QED) is 0.314. The number of nitrogens with two attached hydrogens (primary N) is 1. The Labute approximate surface area is 239 Å². The molecule has 0 unspecified atom stereocenters. The Balaban J connectivity index is 1.50. The maximum atomic E-state index is 13.5. The second kappa shape index (κ2) is 11.9. The van der Waals surface area contributed by atoms with Crippen molar-refractivity contribution in [1.82, 2.24) is 19.7 Å². The molecule has 1 amide bonds. The fourth-order valence-electron chi connectivity index (χ4n) is 4.85. The first kappa shape index (κ1) is 28.0. The van der Waals surface area contributed by atoms with Crippen LogP contribution in [0.2, 0.25) is 0 Å². The van der Waals surface area contributed by atoms with Gasteiger partial charge in [0.1, 0.15) is 11.6 Å². The van der Waals surface area contributed by atoms with Crippen molar-refractivity contribution < 1.29 is 17.9 Å². The molecule has 0 radical (unpaired) electrons. The Hall–Kier alpha value is -4.51. The Kier molecular flexibility index (Phi) is 8.16. The Bertz CT molecular complexity index is 1630. The molecule has 1 fully saturated rings. The minimum absolute atomic E-state index is 0.00802. The molecule has 212 valence electrons. The molecule has 1 aliphatic rings. The van der Waals surface area contributed by atoms with Crippen molar-refractivity contribution in [3.8, 4) is 17.1 Å². The standard InChI is InChI=1S/C30H32N6O4S/c1-20(2)40-27-16-13-22(18-32-27)25-15-14-24(30(37)35-41(38,39)28-12-6-11-26(31)34-28)29(33-25)36-17-7-10-23(19-36)21-8-4-3-5-9-21/h3-6,8-9,11-16,18,20,23H,7,10,17,19H2,1-2H3,(H2,31,34)(H,35,37)/t23-/m1/s1. The normalized spacial score (nSPS) is 15.5. The molecule has 3 N–H and O–H groups in total. The lowest BCUT2D eigenvalue weighted by Crippen LogP contribution is -2.38. The summed E-state index contributed by atoms with van der Waals surface area (Å²) in [6.07, 6.45) is 3.55. The third-order valence-corrected chi connectivity index (χ3v) is 7.98. The average molecular weight is 573 g/mol. The van der Waals surface area contributed by atoms with Gasteiger partial charge in [0.15, 0.2) is 5.03 Å². The largest absolute Gasteiger partial charge is 0.475 e. The van der Waals surface area contributed by atoms with Gasteiger partial charge in [0.25, 0.3) is 15.9 Å². The van der Waals surface area contributed by atoms with Gasteiger partial charge in [-0.15, -0.1) is 0 Å². The first-order valence-electron chi connectivity index (χ1n) is 13.4. The van der Waals surface area contributed by atoms with Crippen LogP contribution in [0.5, 0.6) is 5.88 Å². The molecule has 11 heteroatoms. The molecule has 3 aromatic heterocycles. The highest BCUT2D eigenvalue weighted by molar-refractivity contribution is 7.90. The number of ether oxygens (including phenoxy) is 1. The van der Waals surface area contributed by atoms with Crippen LogP contribution in [-0.4, -0.2) is 48.5 Å². The summed E-state index contributed by atoms with van der Waals surface area (Å²) in [5.41, 5.74) is 8.35. The van der Waals surface area contributed by atoms with Crippen LogP contribution in [0.3, 0.4) is 0 Å². The lowest BCUT2D eigenvalue weighted by atomic mass is 9.90. The van der Waals surface area contributed by atoms with E-state index in [9.17, 15) is 13.2 Å². The van der Waals surface area contributed by atoms with Gasteiger partial charge in [0, 0.05) is 36.8 Å². The van der Waals surface area contributed by atoms with Crippen molar-refractivity contribution >= 4 is 27.6 Å². The van der Waals surface area contributed by atoms with Crippen molar-refractivity contribution in [2.24, 2.45) is 0 Å². The van der Waals surface area contributed by atoms with Gasteiger partial charge in [0.2, 0.25) is 5.88 Å². The minimum atomic E-state index is -4.27. The van der Waals surface area contributed by atoms with Crippen molar-refractivity contribution in [3.05, 3.63) is 90.1 Å². The van der Waals surface area contributed by atoms with Gasteiger partial charge >= 0.3 is 0 Å². The zero-order valence-corrected chi connectivity index (χ0v) is 23.7. The van der Waals surface area contributed by atoms with E-state index in [0.29, 0.717) is 30.5 Å². The van der Waals surface area contributed by atoms with E-state index >= 15 is 0 Å². The van der Waals surface area contributed by atoms with Crippen LogP contribution in [0.15, 0.2) is 84.0 Å². The van der Waals surface area contributed by atoms with Crippen molar-refractivity contribution in [2.45, 2.75) is 43.7 Å². The van der Waals surface area contributed by atoms with E-state index in [4.69, 9.17) is 15.5 Å². The van der Waals surface area contributed by atoms with Crippen molar-refractivity contribution in [2.75, 3.05) is 23.7 Å². The predicted octanol–water partition coefficient (Wildman–Crippen LogP) is 4.41. The first-order valence-corrected chi connectivity index (χ1v) is 14.9. The number of hydrogen-bond acceptors (Lipinski definition) is 9. The summed E-state index contributed by atoms with van der Waals surface area (Å²) in [5.74, 6) is 0.372. The van der Waals surface area contributed by atoms with Crippen LogP contribution in [0.4, 0.5) is 11.6 Å². The predicted molar refractivity (Wildman–Crippen MR) is 157 cm³/mol. The molecule has 1 saturated heterocycles. The number of piperidine rings is 1. The average Bonchev–Trinajstić information content (AvgIpc) is 2.97. The zero-order valence-electron chi connectivity index (χ0n) is 22.9. The van der Waals surface area contributed by atoms with Crippen molar-refractivity contribution in [1.29, 1.82) is 0 Å². The molecule has 0 saturated carbocycles. The van der Waals surface area contributed by atoms with Crippen LogP contribution in [0, 0.1) is 0 Å². The number of benzene rings is 1. The maximum absolute atomic E-state index is 13.5. The zero-order chi connectivity index (χ0) is 29.0. The van der Waals surface area contributed by atoms with Gasteiger partial charge in [0.05, 0.1) is 17.4 Å². The topological polar surface area (TPSA) is 140 Å². The van der Waals surface area contributed by atoms with Crippen LogP contribution in [0.25, 0.3) is 11.3 Å². The monoisotopic (exact) mass is 572 g/mol. The summed E-state index contributed by atoms with van der Waals surface area (Å²) in [6, 6.07) is 21.3. The third kappa shape index (κ3) is 6.63. The number of pyridine rings is 3. The molecule has 5 rings (SSSR count). The second-order valence-electron chi connectivity index (χ2n) is 10.2. The highest BCUT2D eigenvalue weighted by Gasteiger charge is 2.28. The molecule has 41 heavy (non-hydrogen) atoms. The van der Waals surface area contributed by atoms with E-state index in [1.165, 1.54) is 23.8 Å². The number of rotatable bonds is 8. The van der Waals surface area contributed by atoms with E-state index in [1.54, 1.807) is 24.4 Å². The van der Waals surface area contributed by atoms with Crippen LogP contribution in [-0.2, 0) is 10.0 Å². The molecular formula is C30H32N6O4S. The number of hydrogen-bond donors (Lipinski definition) is 2. The fourth-order valence-corrected chi connectivity index (χ4v) is 5.79. The molecule has 4 heterocycles. The molecule has 0 aliphatic carbocycles. The van der Waals surface area contributed by atoms with E-state index in [-0.39, 0.29) is 28.4 Å². The number of anilines is 2.